The summed E-state index contributed by atoms with van der Waals surface area (Å²) < 4.78 is 5.15. The number of aryl methyl sites for hydroxylation is 1. The molecule has 0 radical (unpaired) electrons. The molecule has 0 unspecified atom stereocenters. The molecular weight excluding hydrogens is 280 g/mol. The minimum Gasteiger partial charge on any atom is -0.383 e. The number of hydrogen-bond acceptors (Lipinski definition) is 4. The number of hydrogen-bond donors (Lipinski definition) is 0. The average molecular weight is 305 g/mol. The fraction of sp³-hybridized carbons (Fsp3) is 0.786. The van der Waals surface area contributed by atoms with Gasteiger partial charge in [0.2, 0.25) is 0 Å². The van der Waals surface area contributed by atoms with Gasteiger partial charge in [-0.15, -0.1) is 22.9 Å². The molecule has 0 atom stereocenters. The zero-order valence-corrected chi connectivity index (χ0v) is 13.8. The Morgan fingerprint density at radius 2 is 2.16 bits per heavy atom. The number of unbranched alkanes of at least 4 members (excludes halogenated alkanes) is 1. The third-order valence-electron chi connectivity index (χ3n) is 3.14. The standard InChI is InChI=1S/C14H25ClN2OS/c1-12(2)17(8-9-18-3)7-5-4-6-14-16-13(10-15)11-19-14/h11-12H,4-10H2,1-3H3. The van der Waals surface area contributed by atoms with Gasteiger partial charge in [-0.05, 0) is 39.7 Å². The highest BCUT2D eigenvalue weighted by Crippen LogP contribution is 2.14. The van der Waals surface area contributed by atoms with Crippen molar-refractivity contribution in [1.82, 2.24) is 9.88 Å². The van der Waals surface area contributed by atoms with E-state index in [0.29, 0.717) is 11.9 Å². The van der Waals surface area contributed by atoms with E-state index in [4.69, 9.17) is 16.3 Å². The van der Waals surface area contributed by atoms with Crippen molar-refractivity contribution in [3.05, 3.63) is 16.1 Å². The third kappa shape index (κ3) is 6.70. The van der Waals surface area contributed by atoms with Crippen LogP contribution in [0.25, 0.3) is 0 Å². The van der Waals surface area contributed by atoms with Gasteiger partial charge in [-0.3, -0.25) is 4.90 Å². The summed E-state index contributed by atoms with van der Waals surface area (Å²) in [5.74, 6) is 0.522. The molecule has 0 amide bonds. The molecule has 5 heteroatoms. The van der Waals surface area contributed by atoms with Crippen LogP contribution in [0, 0.1) is 0 Å². The topological polar surface area (TPSA) is 25.4 Å². The Labute approximate surface area is 125 Å². The minimum atomic E-state index is 0.522. The van der Waals surface area contributed by atoms with Crippen molar-refractivity contribution in [1.29, 1.82) is 0 Å². The maximum atomic E-state index is 5.75. The minimum absolute atomic E-state index is 0.522. The lowest BCUT2D eigenvalue weighted by Crippen LogP contribution is -2.34. The molecule has 0 spiro atoms. The van der Waals surface area contributed by atoms with Crippen molar-refractivity contribution in [2.45, 2.75) is 45.0 Å². The normalized spacial score (nSPS) is 11.7. The highest BCUT2D eigenvalue weighted by Gasteiger charge is 2.08. The van der Waals surface area contributed by atoms with E-state index in [-0.39, 0.29) is 0 Å². The second-order valence-electron chi connectivity index (χ2n) is 4.95. The quantitative estimate of drug-likeness (QED) is 0.488. The van der Waals surface area contributed by atoms with Gasteiger partial charge in [-0.1, -0.05) is 0 Å². The third-order valence-corrected chi connectivity index (χ3v) is 4.37. The first-order chi connectivity index (χ1) is 9.17. The molecule has 0 fully saturated rings. The van der Waals surface area contributed by atoms with Crippen molar-refractivity contribution in [2.75, 3.05) is 26.8 Å². The number of halogens is 1. The first-order valence-electron chi connectivity index (χ1n) is 6.89. The van der Waals surface area contributed by atoms with Gasteiger partial charge in [0.1, 0.15) is 0 Å². The van der Waals surface area contributed by atoms with Crippen LogP contribution in [0.3, 0.4) is 0 Å². The lowest BCUT2D eigenvalue weighted by atomic mass is 10.2. The Balaban J connectivity index is 2.20. The molecule has 1 heterocycles. The summed E-state index contributed by atoms with van der Waals surface area (Å²) in [6, 6.07) is 0.581. The van der Waals surface area contributed by atoms with Crippen LogP contribution in [-0.2, 0) is 17.0 Å². The van der Waals surface area contributed by atoms with Crippen LogP contribution in [0.1, 0.15) is 37.4 Å². The van der Waals surface area contributed by atoms with E-state index in [1.54, 1.807) is 18.4 Å². The molecule has 0 saturated carbocycles. The Bertz CT molecular complexity index is 344. The predicted molar refractivity (Wildman–Crippen MR) is 83.2 cm³/mol. The molecule has 0 bridgehead atoms. The van der Waals surface area contributed by atoms with Crippen LogP contribution >= 0.6 is 22.9 Å². The van der Waals surface area contributed by atoms with E-state index in [9.17, 15) is 0 Å². The van der Waals surface area contributed by atoms with Gasteiger partial charge in [-0.2, -0.15) is 0 Å². The fourth-order valence-corrected chi connectivity index (χ4v) is 3.02. The molecule has 0 aromatic carbocycles. The summed E-state index contributed by atoms with van der Waals surface area (Å²) in [5.41, 5.74) is 1.01. The van der Waals surface area contributed by atoms with Crippen LogP contribution in [0.15, 0.2) is 5.38 Å². The van der Waals surface area contributed by atoms with Crippen molar-refractivity contribution < 1.29 is 4.74 Å². The van der Waals surface area contributed by atoms with Crippen LogP contribution in [0.2, 0.25) is 0 Å². The maximum absolute atomic E-state index is 5.75. The van der Waals surface area contributed by atoms with Gasteiger partial charge >= 0.3 is 0 Å². The molecule has 1 aromatic heterocycles. The van der Waals surface area contributed by atoms with E-state index in [1.807, 2.05) is 0 Å². The van der Waals surface area contributed by atoms with Crippen LogP contribution in [0.4, 0.5) is 0 Å². The molecule has 0 aliphatic carbocycles. The summed E-state index contributed by atoms with van der Waals surface area (Å²) in [4.78, 5) is 6.95. The number of rotatable bonds is 10. The van der Waals surface area contributed by atoms with Crippen molar-refractivity contribution in [3.63, 3.8) is 0 Å². The lowest BCUT2D eigenvalue weighted by Gasteiger charge is -2.25. The summed E-state index contributed by atoms with van der Waals surface area (Å²) >= 11 is 7.48. The van der Waals surface area contributed by atoms with E-state index in [2.05, 4.69) is 29.1 Å². The van der Waals surface area contributed by atoms with Gasteiger partial charge in [0.05, 0.1) is 23.2 Å². The maximum Gasteiger partial charge on any atom is 0.0928 e. The largest absolute Gasteiger partial charge is 0.383 e. The Morgan fingerprint density at radius 1 is 1.37 bits per heavy atom. The van der Waals surface area contributed by atoms with Gasteiger partial charge in [0.15, 0.2) is 0 Å². The molecule has 110 valence electrons. The predicted octanol–water partition coefficient (Wildman–Crippen LogP) is 3.56. The second kappa shape index (κ2) is 9.70. The van der Waals surface area contributed by atoms with E-state index in [0.717, 1.165) is 31.8 Å². The number of alkyl halides is 1. The molecular formula is C14H25ClN2OS. The first-order valence-corrected chi connectivity index (χ1v) is 8.31. The number of aromatic nitrogens is 1. The summed E-state index contributed by atoms with van der Waals surface area (Å²) in [6.45, 7) is 7.44. The zero-order chi connectivity index (χ0) is 14.1. The highest BCUT2D eigenvalue weighted by atomic mass is 35.5. The number of nitrogens with zero attached hydrogens (tertiary/aromatic N) is 2. The summed E-state index contributed by atoms with van der Waals surface area (Å²) in [7, 11) is 1.76. The average Bonchev–Trinajstić information content (AvgIpc) is 2.85. The van der Waals surface area contributed by atoms with Crippen molar-refractivity contribution >= 4 is 22.9 Å². The zero-order valence-electron chi connectivity index (χ0n) is 12.2. The molecule has 0 aliphatic rings. The van der Waals surface area contributed by atoms with Crippen molar-refractivity contribution in [2.24, 2.45) is 0 Å². The highest BCUT2D eigenvalue weighted by molar-refractivity contribution is 7.09. The number of ether oxygens (including phenoxy) is 1. The molecule has 3 nitrogen and oxygen atoms in total. The molecule has 1 rings (SSSR count). The molecule has 0 saturated heterocycles. The van der Waals surface area contributed by atoms with E-state index < -0.39 is 0 Å². The van der Waals surface area contributed by atoms with Gasteiger partial charge in [0, 0.05) is 25.1 Å². The smallest absolute Gasteiger partial charge is 0.0928 e. The van der Waals surface area contributed by atoms with Crippen LogP contribution < -0.4 is 0 Å². The van der Waals surface area contributed by atoms with Crippen LogP contribution in [-0.4, -0.2) is 42.7 Å². The molecule has 19 heavy (non-hydrogen) atoms. The monoisotopic (exact) mass is 304 g/mol. The van der Waals surface area contributed by atoms with Gasteiger partial charge < -0.3 is 4.74 Å². The second-order valence-corrected chi connectivity index (χ2v) is 6.16. The Kier molecular flexibility index (Phi) is 8.62. The first kappa shape index (κ1) is 16.9. The van der Waals surface area contributed by atoms with E-state index in [1.165, 1.54) is 17.8 Å². The van der Waals surface area contributed by atoms with E-state index >= 15 is 0 Å². The van der Waals surface area contributed by atoms with Crippen LogP contribution in [0.5, 0.6) is 0 Å². The SMILES string of the molecule is COCCN(CCCCc1nc(CCl)cs1)C(C)C. The summed E-state index contributed by atoms with van der Waals surface area (Å²) in [5, 5.41) is 3.27. The Hall–Kier alpha value is -0.160. The molecule has 0 N–H and O–H groups in total. The molecule has 1 aromatic rings. The molecule has 0 aliphatic heterocycles. The lowest BCUT2D eigenvalue weighted by molar-refractivity contribution is 0.128. The fourth-order valence-electron chi connectivity index (χ4n) is 1.95. The summed E-state index contributed by atoms with van der Waals surface area (Å²) in [6.07, 6.45) is 3.46. The van der Waals surface area contributed by atoms with Gasteiger partial charge in [0.25, 0.3) is 0 Å². The van der Waals surface area contributed by atoms with Gasteiger partial charge in [-0.25, -0.2) is 4.98 Å². The number of thiazole rings is 1. The van der Waals surface area contributed by atoms with Crippen molar-refractivity contribution in [3.8, 4) is 0 Å². The Morgan fingerprint density at radius 3 is 2.74 bits per heavy atom. The number of methoxy groups -OCH3 is 1.